The van der Waals surface area contributed by atoms with Crippen molar-refractivity contribution >= 4 is 52.8 Å². The van der Waals surface area contributed by atoms with Crippen molar-refractivity contribution in [3.8, 4) is 5.75 Å². The van der Waals surface area contributed by atoms with Gasteiger partial charge in [0.1, 0.15) is 11.4 Å². The van der Waals surface area contributed by atoms with Gasteiger partial charge in [0.05, 0.1) is 23.6 Å². The van der Waals surface area contributed by atoms with Gasteiger partial charge >= 0.3 is 0 Å². The van der Waals surface area contributed by atoms with Crippen molar-refractivity contribution in [2.24, 2.45) is 5.73 Å². The van der Waals surface area contributed by atoms with Crippen LogP contribution in [0.25, 0.3) is 6.08 Å². The molecule has 0 aliphatic rings. The van der Waals surface area contributed by atoms with Gasteiger partial charge in [0.2, 0.25) is 5.91 Å². The maximum Gasteiger partial charge on any atom is 0.272 e. The molecule has 9 nitrogen and oxygen atoms in total. The molecular weight excluding hydrogens is 564 g/mol. The van der Waals surface area contributed by atoms with Crippen LogP contribution in [0.2, 0.25) is 0 Å². The molecule has 0 aliphatic carbocycles. The number of ether oxygens (including phenoxy) is 1. The van der Waals surface area contributed by atoms with E-state index in [0.29, 0.717) is 28.3 Å². The number of hydrogen-bond donors (Lipinski definition) is 4. The highest BCUT2D eigenvalue weighted by Gasteiger charge is 2.19. The van der Waals surface area contributed by atoms with Crippen LogP contribution in [0.3, 0.4) is 0 Å². The van der Waals surface area contributed by atoms with E-state index >= 15 is 0 Å². The normalized spacial score (nSPS) is 11.6. The maximum atomic E-state index is 13.4. The molecule has 218 valence electrons. The van der Waals surface area contributed by atoms with Gasteiger partial charge in [0.25, 0.3) is 17.7 Å². The lowest BCUT2D eigenvalue weighted by Crippen LogP contribution is -2.30. The fourth-order valence-electron chi connectivity index (χ4n) is 3.98. The van der Waals surface area contributed by atoms with Crippen molar-refractivity contribution in [3.63, 3.8) is 0 Å². The van der Waals surface area contributed by atoms with Gasteiger partial charge in [-0.05, 0) is 73.2 Å². The second-order valence-corrected chi connectivity index (χ2v) is 10.7. The summed E-state index contributed by atoms with van der Waals surface area (Å²) < 4.78 is 5.29. The SMILES string of the molecule is COc1cccc(/C=C(/NC(=O)c2ccccc2)C(=O)Nc2cccc(SC(C)C(=O)Nc3ccccc3C(N)=O)c2)c1. The first-order valence-corrected chi connectivity index (χ1v) is 14.1. The molecule has 0 saturated heterocycles. The number of carbonyl (C=O) groups excluding carboxylic acids is 4. The van der Waals surface area contributed by atoms with E-state index in [-0.39, 0.29) is 17.2 Å². The van der Waals surface area contributed by atoms with E-state index in [9.17, 15) is 19.2 Å². The number of thioether (sulfide) groups is 1. The van der Waals surface area contributed by atoms with E-state index in [0.717, 1.165) is 4.90 Å². The highest BCUT2D eigenvalue weighted by molar-refractivity contribution is 8.00. The van der Waals surface area contributed by atoms with Crippen LogP contribution < -0.4 is 26.4 Å². The number of methoxy groups -OCH3 is 1. The van der Waals surface area contributed by atoms with Crippen LogP contribution >= 0.6 is 11.8 Å². The lowest BCUT2D eigenvalue weighted by atomic mass is 10.1. The summed E-state index contributed by atoms with van der Waals surface area (Å²) in [5.41, 5.74) is 7.51. The second kappa shape index (κ2) is 14.5. The number of primary amides is 1. The second-order valence-electron chi connectivity index (χ2n) is 9.30. The predicted octanol–water partition coefficient (Wildman–Crippen LogP) is 5.32. The van der Waals surface area contributed by atoms with E-state index in [4.69, 9.17) is 10.5 Å². The number of carbonyl (C=O) groups is 4. The average molecular weight is 595 g/mol. The molecule has 0 aromatic heterocycles. The largest absolute Gasteiger partial charge is 0.497 e. The van der Waals surface area contributed by atoms with Gasteiger partial charge in [-0.3, -0.25) is 19.2 Å². The Labute approximate surface area is 253 Å². The van der Waals surface area contributed by atoms with Gasteiger partial charge < -0.3 is 26.4 Å². The highest BCUT2D eigenvalue weighted by Crippen LogP contribution is 2.27. The first-order chi connectivity index (χ1) is 20.7. The van der Waals surface area contributed by atoms with Crippen molar-refractivity contribution in [2.45, 2.75) is 17.1 Å². The summed E-state index contributed by atoms with van der Waals surface area (Å²) in [7, 11) is 1.54. The molecule has 4 aromatic carbocycles. The minimum absolute atomic E-state index is 0.0287. The zero-order chi connectivity index (χ0) is 30.8. The molecule has 0 radical (unpaired) electrons. The van der Waals surface area contributed by atoms with E-state index in [2.05, 4.69) is 16.0 Å². The summed E-state index contributed by atoms with van der Waals surface area (Å²) in [6.07, 6.45) is 1.56. The van der Waals surface area contributed by atoms with Crippen molar-refractivity contribution in [3.05, 3.63) is 126 Å². The Morgan fingerprint density at radius 2 is 1.56 bits per heavy atom. The summed E-state index contributed by atoms with van der Waals surface area (Å²) in [6, 6.07) is 29.2. The zero-order valence-corrected chi connectivity index (χ0v) is 24.3. The van der Waals surface area contributed by atoms with Crippen LogP contribution in [0.15, 0.2) is 114 Å². The van der Waals surface area contributed by atoms with E-state index in [1.165, 1.54) is 11.8 Å². The van der Waals surface area contributed by atoms with Crippen LogP contribution in [0, 0.1) is 0 Å². The number of benzene rings is 4. The highest BCUT2D eigenvalue weighted by atomic mass is 32.2. The molecule has 0 bridgehead atoms. The average Bonchev–Trinajstić information content (AvgIpc) is 3.01. The molecule has 4 rings (SSSR count). The van der Waals surface area contributed by atoms with Gasteiger partial charge in [-0.1, -0.05) is 48.5 Å². The molecule has 4 aromatic rings. The number of hydrogen-bond acceptors (Lipinski definition) is 6. The van der Waals surface area contributed by atoms with Crippen molar-refractivity contribution < 1.29 is 23.9 Å². The lowest BCUT2D eigenvalue weighted by Gasteiger charge is -2.15. The number of para-hydroxylation sites is 1. The van der Waals surface area contributed by atoms with Gasteiger partial charge in [-0.2, -0.15) is 0 Å². The standard InChI is InChI=1S/C33H30N4O5S/c1-21(31(39)36-28-17-7-6-16-27(28)30(34)38)43-26-15-9-13-24(20-26)35-33(41)29(19-22-10-8-14-25(18-22)42-2)37-32(40)23-11-4-3-5-12-23/h3-21H,1-2H3,(H2,34,38)(H,35,41)(H,36,39)(H,37,40)/b29-19+. The third-order valence-electron chi connectivity index (χ3n) is 6.16. The number of nitrogens with one attached hydrogen (secondary N) is 3. The summed E-state index contributed by atoms with van der Waals surface area (Å²) >= 11 is 1.27. The Morgan fingerprint density at radius 3 is 2.30 bits per heavy atom. The first-order valence-electron chi connectivity index (χ1n) is 13.2. The molecule has 0 saturated carbocycles. The van der Waals surface area contributed by atoms with E-state index < -0.39 is 23.0 Å². The van der Waals surface area contributed by atoms with Crippen LogP contribution in [0.5, 0.6) is 5.75 Å². The van der Waals surface area contributed by atoms with Crippen LogP contribution in [0.4, 0.5) is 11.4 Å². The third-order valence-corrected chi connectivity index (χ3v) is 7.25. The third kappa shape index (κ3) is 8.57. The Morgan fingerprint density at radius 1 is 0.837 bits per heavy atom. The summed E-state index contributed by atoms with van der Waals surface area (Å²) in [5.74, 6) is -1.33. The Bertz CT molecular complexity index is 1670. The van der Waals surface area contributed by atoms with Gasteiger partial charge in [0, 0.05) is 16.1 Å². The Hall–Kier alpha value is -5.35. The van der Waals surface area contributed by atoms with Gasteiger partial charge in [-0.15, -0.1) is 11.8 Å². The molecule has 1 unspecified atom stereocenters. The first kappa shape index (κ1) is 30.6. The van der Waals surface area contributed by atoms with Crippen molar-refractivity contribution in [2.75, 3.05) is 17.7 Å². The number of rotatable bonds is 11. The molecule has 0 spiro atoms. The summed E-state index contributed by atoms with van der Waals surface area (Å²) in [4.78, 5) is 51.7. The molecule has 43 heavy (non-hydrogen) atoms. The number of anilines is 2. The van der Waals surface area contributed by atoms with E-state index in [1.54, 1.807) is 117 Å². The molecule has 0 aliphatic heterocycles. The topological polar surface area (TPSA) is 140 Å². The van der Waals surface area contributed by atoms with Crippen molar-refractivity contribution in [1.29, 1.82) is 0 Å². The quantitative estimate of drug-likeness (QED) is 0.137. The smallest absolute Gasteiger partial charge is 0.272 e. The molecule has 5 N–H and O–H groups in total. The molecular formula is C33H30N4O5S. The van der Waals surface area contributed by atoms with Crippen LogP contribution in [0.1, 0.15) is 33.2 Å². The predicted molar refractivity (Wildman–Crippen MR) is 169 cm³/mol. The minimum Gasteiger partial charge on any atom is -0.497 e. The number of amides is 4. The minimum atomic E-state index is -0.639. The fraction of sp³-hybridized carbons (Fsp3) is 0.0909. The monoisotopic (exact) mass is 594 g/mol. The molecule has 0 heterocycles. The fourth-order valence-corrected chi connectivity index (χ4v) is 4.91. The van der Waals surface area contributed by atoms with Crippen molar-refractivity contribution in [1.82, 2.24) is 5.32 Å². The zero-order valence-electron chi connectivity index (χ0n) is 23.5. The van der Waals surface area contributed by atoms with E-state index in [1.807, 2.05) is 6.07 Å². The Balaban J connectivity index is 1.50. The van der Waals surface area contributed by atoms with Crippen LogP contribution in [-0.2, 0) is 9.59 Å². The summed E-state index contributed by atoms with van der Waals surface area (Å²) in [5, 5.41) is 7.76. The van der Waals surface area contributed by atoms with Crippen LogP contribution in [-0.4, -0.2) is 36.0 Å². The van der Waals surface area contributed by atoms with Gasteiger partial charge in [-0.25, -0.2) is 0 Å². The number of nitrogens with two attached hydrogens (primary N) is 1. The molecule has 10 heteroatoms. The molecule has 0 fully saturated rings. The van der Waals surface area contributed by atoms with Gasteiger partial charge in [0.15, 0.2) is 0 Å². The lowest BCUT2D eigenvalue weighted by molar-refractivity contribution is -0.115. The Kier molecular flexibility index (Phi) is 10.3. The maximum absolute atomic E-state index is 13.4. The summed E-state index contributed by atoms with van der Waals surface area (Å²) in [6.45, 7) is 1.73. The molecule has 4 amide bonds. The molecule has 1 atom stereocenters.